The molecule has 0 radical (unpaired) electrons. The fourth-order valence-corrected chi connectivity index (χ4v) is 2.89. The third kappa shape index (κ3) is 3.30. The lowest BCUT2D eigenvalue weighted by atomic mass is 10.0. The lowest BCUT2D eigenvalue weighted by Gasteiger charge is -2.33. The lowest BCUT2D eigenvalue weighted by Crippen LogP contribution is -2.44. The first kappa shape index (κ1) is 14.6. The monoisotopic (exact) mass is 295 g/mol. The molecule has 1 atom stereocenters. The van der Waals surface area contributed by atoms with Crippen LogP contribution in [-0.2, 0) is 0 Å². The molecule has 1 aliphatic rings. The SMILES string of the molecule is Cc1ccccc1C(=O)N1CCCC(Oc2ccccc2)C1. The van der Waals surface area contributed by atoms with Gasteiger partial charge in [-0.15, -0.1) is 0 Å². The number of carbonyl (C=O) groups excluding carboxylic acids is 1. The second-order valence-electron chi connectivity index (χ2n) is 5.76. The molecule has 0 spiro atoms. The van der Waals surface area contributed by atoms with Gasteiger partial charge in [0.05, 0.1) is 6.54 Å². The second kappa shape index (κ2) is 6.65. The van der Waals surface area contributed by atoms with E-state index in [-0.39, 0.29) is 12.0 Å². The van der Waals surface area contributed by atoms with E-state index in [2.05, 4.69) is 0 Å². The third-order valence-electron chi connectivity index (χ3n) is 4.09. The van der Waals surface area contributed by atoms with Gasteiger partial charge in [-0.3, -0.25) is 4.79 Å². The lowest BCUT2D eigenvalue weighted by molar-refractivity contribution is 0.0537. The summed E-state index contributed by atoms with van der Waals surface area (Å²) >= 11 is 0. The molecular formula is C19H21NO2. The molecule has 1 unspecified atom stereocenters. The maximum absolute atomic E-state index is 12.7. The van der Waals surface area contributed by atoms with Crippen LogP contribution in [-0.4, -0.2) is 30.0 Å². The summed E-state index contributed by atoms with van der Waals surface area (Å²) < 4.78 is 6.01. The Balaban J connectivity index is 1.68. The number of hydrogen-bond donors (Lipinski definition) is 0. The topological polar surface area (TPSA) is 29.5 Å². The van der Waals surface area contributed by atoms with Crippen LogP contribution in [0.3, 0.4) is 0 Å². The molecule has 114 valence electrons. The van der Waals surface area contributed by atoms with Gasteiger partial charge in [0, 0.05) is 12.1 Å². The predicted molar refractivity (Wildman–Crippen MR) is 87.2 cm³/mol. The molecule has 0 N–H and O–H groups in total. The van der Waals surface area contributed by atoms with Gasteiger partial charge in [0.25, 0.3) is 5.91 Å². The summed E-state index contributed by atoms with van der Waals surface area (Å²) in [5.41, 5.74) is 1.82. The highest BCUT2D eigenvalue weighted by Gasteiger charge is 2.26. The molecule has 0 bridgehead atoms. The zero-order valence-electron chi connectivity index (χ0n) is 12.9. The minimum absolute atomic E-state index is 0.0733. The number of ether oxygens (including phenoxy) is 1. The Kier molecular flexibility index (Phi) is 4.42. The number of amides is 1. The summed E-state index contributed by atoms with van der Waals surface area (Å²) in [6.45, 7) is 3.44. The van der Waals surface area contributed by atoms with Gasteiger partial charge in [-0.05, 0) is 43.5 Å². The molecule has 22 heavy (non-hydrogen) atoms. The van der Waals surface area contributed by atoms with Crippen LogP contribution < -0.4 is 4.74 Å². The fraction of sp³-hybridized carbons (Fsp3) is 0.316. The van der Waals surface area contributed by atoms with Gasteiger partial charge in [-0.25, -0.2) is 0 Å². The standard InChI is InChI=1S/C19H21NO2/c1-15-8-5-6-12-18(15)19(21)20-13-7-11-17(14-20)22-16-9-3-2-4-10-16/h2-6,8-10,12,17H,7,11,13-14H2,1H3. The number of hydrogen-bond acceptors (Lipinski definition) is 2. The van der Waals surface area contributed by atoms with Crippen LogP contribution in [0.4, 0.5) is 0 Å². The van der Waals surface area contributed by atoms with Crippen molar-refractivity contribution in [3.8, 4) is 5.75 Å². The van der Waals surface area contributed by atoms with E-state index in [0.717, 1.165) is 36.3 Å². The Hall–Kier alpha value is -2.29. The molecule has 3 nitrogen and oxygen atoms in total. The summed E-state index contributed by atoms with van der Waals surface area (Å²) in [5, 5.41) is 0. The maximum Gasteiger partial charge on any atom is 0.254 e. The van der Waals surface area contributed by atoms with E-state index >= 15 is 0 Å². The number of para-hydroxylation sites is 1. The molecule has 1 aliphatic heterocycles. The van der Waals surface area contributed by atoms with Crippen LogP contribution in [0.1, 0.15) is 28.8 Å². The molecule has 2 aromatic rings. The highest BCUT2D eigenvalue weighted by molar-refractivity contribution is 5.95. The van der Waals surface area contributed by atoms with E-state index < -0.39 is 0 Å². The van der Waals surface area contributed by atoms with Gasteiger partial charge in [-0.1, -0.05) is 36.4 Å². The maximum atomic E-state index is 12.7. The van der Waals surface area contributed by atoms with Gasteiger partial charge < -0.3 is 9.64 Å². The number of rotatable bonds is 3. The summed E-state index contributed by atoms with van der Waals surface area (Å²) in [6, 6.07) is 17.6. The molecule has 1 heterocycles. The minimum Gasteiger partial charge on any atom is -0.489 e. The second-order valence-corrected chi connectivity index (χ2v) is 5.76. The molecule has 0 aliphatic carbocycles. The first-order valence-electron chi connectivity index (χ1n) is 7.80. The minimum atomic E-state index is 0.0733. The first-order valence-corrected chi connectivity index (χ1v) is 7.80. The molecule has 0 aromatic heterocycles. The number of aryl methyl sites for hydroxylation is 1. The number of likely N-dealkylation sites (tertiary alicyclic amines) is 1. The van der Waals surface area contributed by atoms with Crippen LogP contribution >= 0.6 is 0 Å². The molecule has 3 heteroatoms. The Bertz CT molecular complexity index is 639. The van der Waals surface area contributed by atoms with Crippen LogP contribution in [0.5, 0.6) is 5.75 Å². The molecule has 1 amide bonds. The number of piperidine rings is 1. The highest BCUT2D eigenvalue weighted by Crippen LogP contribution is 2.20. The van der Waals surface area contributed by atoms with Crippen molar-refractivity contribution < 1.29 is 9.53 Å². The molecule has 0 saturated carbocycles. The largest absolute Gasteiger partial charge is 0.489 e. The van der Waals surface area contributed by atoms with Crippen molar-refractivity contribution >= 4 is 5.91 Å². The Morgan fingerprint density at radius 1 is 1.09 bits per heavy atom. The zero-order chi connectivity index (χ0) is 15.4. The molecule has 3 rings (SSSR count). The van der Waals surface area contributed by atoms with E-state index in [1.807, 2.05) is 66.4 Å². The van der Waals surface area contributed by atoms with Crippen LogP contribution in [0.2, 0.25) is 0 Å². The smallest absolute Gasteiger partial charge is 0.254 e. The van der Waals surface area contributed by atoms with Crippen LogP contribution in [0.25, 0.3) is 0 Å². The van der Waals surface area contributed by atoms with E-state index in [9.17, 15) is 4.79 Å². The molecule has 1 saturated heterocycles. The number of nitrogens with zero attached hydrogens (tertiary/aromatic N) is 1. The van der Waals surface area contributed by atoms with Crippen molar-refractivity contribution in [3.63, 3.8) is 0 Å². The summed E-state index contributed by atoms with van der Waals surface area (Å²) in [6.07, 6.45) is 2.05. The summed E-state index contributed by atoms with van der Waals surface area (Å²) in [4.78, 5) is 14.6. The average Bonchev–Trinajstić information content (AvgIpc) is 2.56. The fourth-order valence-electron chi connectivity index (χ4n) is 2.89. The van der Waals surface area contributed by atoms with E-state index in [1.165, 1.54) is 0 Å². The van der Waals surface area contributed by atoms with Gasteiger partial charge in [0.2, 0.25) is 0 Å². The Morgan fingerprint density at radius 2 is 1.82 bits per heavy atom. The van der Waals surface area contributed by atoms with Gasteiger partial charge in [0.15, 0.2) is 0 Å². The van der Waals surface area contributed by atoms with Gasteiger partial charge >= 0.3 is 0 Å². The zero-order valence-corrected chi connectivity index (χ0v) is 12.9. The predicted octanol–water partition coefficient (Wildman–Crippen LogP) is 3.68. The highest BCUT2D eigenvalue weighted by atomic mass is 16.5. The van der Waals surface area contributed by atoms with Crippen molar-refractivity contribution in [2.24, 2.45) is 0 Å². The number of benzene rings is 2. The molecule has 2 aromatic carbocycles. The quantitative estimate of drug-likeness (QED) is 0.864. The normalized spacial score (nSPS) is 18.0. The molecular weight excluding hydrogens is 274 g/mol. The van der Waals surface area contributed by atoms with E-state index in [1.54, 1.807) is 0 Å². The van der Waals surface area contributed by atoms with Crippen molar-refractivity contribution in [1.82, 2.24) is 4.90 Å². The van der Waals surface area contributed by atoms with Crippen molar-refractivity contribution in [1.29, 1.82) is 0 Å². The Morgan fingerprint density at radius 3 is 2.59 bits per heavy atom. The van der Waals surface area contributed by atoms with E-state index in [0.29, 0.717) is 6.54 Å². The number of carbonyl (C=O) groups is 1. The Labute approximate surface area is 131 Å². The summed E-state index contributed by atoms with van der Waals surface area (Å²) in [5.74, 6) is 0.983. The van der Waals surface area contributed by atoms with E-state index in [4.69, 9.17) is 4.74 Å². The van der Waals surface area contributed by atoms with Crippen molar-refractivity contribution in [2.45, 2.75) is 25.9 Å². The van der Waals surface area contributed by atoms with Gasteiger partial charge in [0.1, 0.15) is 11.9 Å². The first-order chi connectivity index (χ1) is 10.7. The summed E-state index contributed by atoms with van der Waals surface area (Å²) in [7, 11) is 0. The van der Waals surface area contributed by atoms with Gasteiger partial charge in [-0.2, -0.15) is 0 Å². The average molecular weight is 295 g/mol. The van der Waals surface area contributed by atoms with Crippen LogP contribution in [0, 0.1) is 6.92 Å². The third-order valence-corrected chi connectivity index (χ3v) is 4.09. The molecule has 1 fully saturated rings. The van der Waals surface area contributed by atoms with Crippen molar-refractivity contribution in [3.05, 3.63) is 65.7 Å². The van der Waals surface area contributed by atoms with Crippen LogP contribution in [0.15, 0.2) is 54.6 Å². The van der Waals surface area contributed by atoms with Crippen molar-refractivity contribution in [2.75, 3.05) is 13.1 Å².